The molecule has 1 heterocycles. The number of aliphatic hydroxyl groups is 2. The van der Waals surface area contributed by atoms with Crippen LogP contribution >= 0.6 is 0 Å². The molecular formula is C52H57FN4O8. The zero-order valence-electron chi connectivity index (χ0n) is 36.7. The van der Waals surface area contributed by atoms with Crippen LogP contribution in [0.25, 0.3) is 0 Å². The summed E-state index contributed by atoms with van der Waals surface area (Å²) < 4.78 is 34.7. The van der Waals surface area contributed by atoms with Crippen LogP contribution in [0.4, 0.5) is 9.18 Å². The number of nitriles is 1. The smallest absolute Gasteiger partial charge is 0.412 e. The first-order chi connectivity index (χ1) is 31.7. The zero-order chi connectivity index (χ0) is 45.8. The van der Waals surface area contributed by atoms with Gasteiger partial charge in [-0.3, -0.25) is 4.79 Å². The number of benzene rings is 4. The van der Waals surface area contributed by atoms with Gasteiger partial charge in [-0.2, -0.15) is 5.26 Å². The number of rotatable bonds is 20. The number of hydrogen-bond acceptors (Lipinski definition) is 10. The Morgan fingerprint density at radius 2 is 1.72 bits per heavy atom. The van der Waals surface area contributed by atoms with Crippen molar-refractivity contribution in [3.63, 3.8) is 0 Å². The van der Waals surface area contributed by atoms with E-state index in [2.05, 4.69) is 24.0 Å². The Morgan fingerprint density at radius 3 is 2.42 bits per heavy atom. The number of oxime groups is 1. The van der Waals surface area contributed by atoms with Gasteiger partial charge in [-0.15, -0.1) is 6.58 Å². The number of aliphatic hydroxyl groups excluding tert-OH is 2. The van der Waals surface area contributed by atoms with E-state index in [-0.39, 0.29) is 69.6 Å². The van der Waals surface area contributed by atoms with E-state index in [1.165, 1.54) is 12.1 Å². The molecule has 4 aromatic carbocycles. The van der Waals surface area contributed by atoms with Crippen molar-refractivity contribution in [2.45, 2.75) is 82.7 Å². The van der Waals surface area contributed by atoms with Crippen LogP contribution in [0.2, 0.25) is 0 Å². The monoisotopic (exact) mass is 884 g/mol. The third kappa shape index (κ3) is 10.6. The highest BCUT2D eigenvalue weighted by molar-refractivity contribution is 6.03. The number of amides is 2. The minimum absolute atomic E-state index is 0.0164. The van der Waals surface area contributed by atoms with Crippen LogP contribution in [0.1, 0.15) is 90.4 Å². The minimum Gasteiger partial charge on any atom is -0.459 e. The predicted molar refractivity (Wildman–Crippen MR) is 243 cm³/mol. The van der Waals surface area contributed by atoms with Gasteiger partial charge in [-0.05, 0) is 116 Å². The van der Waals surface area contributed by atoms with Gasteiger partial charge in [0.1, 0.15) is 30.0 Å². The molecule has 7 rings (SSSR count). The van der Waals surface area contributed by atoms with Gasteiger partial charge in [0.25, 0.3) is 5.91 Å². The second-order valence-electron chi connectivity index (χ2n) is 16.7. The van der Waals surface area contributed by atoms with Crippen LogP contribution in [0.15, 0.2) is 127 Å². The number of fused-ring (bicyclic) bond motifs is 2. The van der Waals surface area contributed by atoms with Gasteiger partial charge < -0.3 is 39.5 Å². The Hall–Kier alpha value is -6.33. The van der Waals surface area contributed by atoms with Crippen molar-refractivity contribution in [1.29, 1.82) is 5.26 Å². The Balaban J connectivity index is 1.42. The molecule has 65 heavy (non-hydrogen) atoms. The maximum absolute atomic E-state index is 15.2. The van der Waals surface area contributed by atoms with Gasteiger partial charge >= 0.3 is 6.09 Å². The summed E-state index contributed by atoms with van der Waals surface area (Å²) in [5.41, 5.74) is 4.54. The van der Waals surface area contributed by atoms with Gasteiger partial charge in [0.2, 0.25) is 5.79 Å². The first kappa shape index (κ1) is 46.7. The highest BCUT2D eigenvalue weighted by Crippen LogP contribution is 2.62. The molecule has 12 nitrogen and oxygen atoms in total. The van der Waals surface area contributed by atoms with Crippen molar-refractivity contribution < 1.29 is 43.2 Å². The molecule has 3 N–H and O–H groups in total. The molecule has 13 heteroatoms. The van der Waals surface area contributed by atoms with E-state index in [1.807, 2.05) is 43.3 Å². The molecule has 4 aromatic rings. The van der Waals surface area contributed by atoms with E-state index in [4.69, 9.17) is 24.2 Å². The molecule has 1 saturated carbocycles. The van der Waals surface area contributed by atoms with Crippen molar-refractivity contribution in [3.8, 4) is 17.6 Å². The van der Waals surface area contributed by atoms with Gasteiger partial charge in [0, 0.05) is 49.8 Å². The molecule has 2 aliphatic carbocycles. The lowest BCUT2D eigenvalue weighted by atomic mass is 9.55. The number of carbonyl (C=O) groups excluding carboxylic acids is 2. The molecule has 3 aliphatic rings. The van der Waals surface area contributed by atoms with Gasteiger partial charge in [-0.25, -0.2) is 9.18 Å². The molecule has 6 atom stereocenters. The number of carbonyl (C=O) groups is 2. The summed E-state index contributed by atoms with van der Waals surface area (Å²) in [6.45, 7) is 6.59. The Labute approximate surface area is 380 Å². The van der Waals surface area contributed by atoms with Crippen molar-refractivity contribution in [3.05, 3.63) is 155 Å². The van der Waals surface area contributed by atoms with Crippen LogP contribution in [0.5, 0.6) is 11.5 Å². The molecule has 0 spiro atoms. The zero-order valence-corrected chi connectivity index (χ0v) is 36.7. The fourth-order valence-corrected chi connectivity index (χ4v) is 9.73. The lowest BCUT2D eigenvalue weighted by molar-refractivity contribution is -0.255. The summed E-state index contributed by atoms with van der Waals surface area (Å²) in [6.07, 6.45) is 7.57. The topological polar surface area (TPSA) is 163 Å². The molecule has 6 unspecified atom stereocenters. The molecule has 0 saturated heterocycles. The van der Waals surface area contributed by atoms with Crippen LogP contribution in [-0.4, -0.2) is 71.1 Å². The van der Waals surface area contributed by atoms with Crippen LogP contribution in [-0.2, 0) is 22.7 Å². The van der Waals surface area contributed by atoms with Crippen LogP contribution in [0.3, 0.4) is 0 Å². The second kappa shape index (κ2) is 22.0. The lowest BCUT2D eigenvalue weighted by Crippen LogP contribution is -2.70. The van der Waals surface area contributed by atoms with E-state index >= 15 is 4.79 Å². The van der Waals surface area contributed by atoms with Crippen LogP contribution < -0.4 is 14.8 Å². The number of ether oxygens (including phenoxy) is 3. The molecule has 2 amide bonds. The van der Waals surface area contributed by atoms with Crippen molar-refractivity contribution in [2.24, 2.45) is 22.9 Å². The highest BCUT2D eigenvalue weighted by atomic mass is 19.1. The molecule has 1 aliphatic heterocycles. The van der Waals surface area contributed by atoms with E-state index in [1.54, 1.807) is 59.5 Å². The Kier molecular flexibility index (Phi) is 15.8. The van der Waals surface area contributed by atoms with Gasteiger partial charge in [0.05, 0.1) is 29.9 Å². The largest absolute Gasteiger partial charge is 0.459 e. The maximum atomic E-state index is 15.2. The van der Waals surface area contributed by atoms with Gasteiger partial charge in [0.15, 0.2) is 0 Å². The molecule has 1 fully saturated rings. The maximum Gasteiger partial charge on any atom is 0.412 e. The third-order valence-electron chi connectivity index (χ3n) is 12.6. The number of hydrogen-bond donors (Lipinski definition) is 3. The molecule has 0 aromatic heterocycles. The molecular weight excluding hydrogens is 828 g/mol. The first-order valence-corrected chi connectivity index (χ1v) is 22.5. The van der Waals surface area contributed by atoms with Crippen molar-refractivity contribution in [1.82, 2.24) is 10.2 Å². The number of nitrogens with one attached hydrogen (secondary N) is 1. The van der Waals surface area contributed by atoms with E-state index in [9.17, 15) is 24.7 Å². The summed E-state index contributed by atoms with van der Waals surface area (Å²) in [5.74, 6) is -2.65. The quantitative estimate of drug-likeness (QED) is 0.0447. The summed E-state index contributed by atoms with van der Waals surface area (Å²) >= 11 is 0. The SMILES string of the molecule is C=CCOC12Oc3ccc(OC(=O)NCc4ccccc4)cc3C3C(CCCCO)C(CCCCO)C=C(C(=NOCC)CC1N(Cc1ccc(F)cc1)C(=O)c1ccc(C#N)cc1)C32. The van der Waals surface area contributed by atoms with Crippen LogP contribution in [0, 0.1) is 34.9 Å². The molecule has 340 valence electrons. The summed E-state index contributed by atoms with van der Waals surface area (Å²) in [6, 6.07) is 28.5. The van der Waals surface area contributed by atoms with Gasteiger partial charge in [-0.1, -0.05) is 72.6 Å². The lowest BCUT2D eigenvalue weighted by Gasteiger charge is -2.60. The minimum atomic E-state index is -1.58. The summed E-state index contributed by atoms with van der Waals surface area (Å²) in [7, 11) is 0. The fraction of sp³-hybridized carbons (Fsp3) is 0.385. The molecule has 0 radical (unpaired) electrons. The number of halogens is 1. The average molecular weight is 885 g/mol. The molecule has 0 bridgehead atoms. The standard InChI is InChI=1S/C52H57FN4O8/c1-3-28-62-52-47(57(34-37-18-22-40(53)23-19-37)50(60)38-20-16-35(32-54)17-21-38)31-45(56-63-4-2)43-29-39(14-8-10-26-58)42(15-9-11-27-59)48(49(43)52)44-30-41(24-25-46(44)65-52)64-51(61)55-33-36-12-6-5-7-13-36/h3,5-7,12-13,16-25,29-30,39,42,47-49,58-59H,1,4,8-11,14-15,26-28,31,33-34H2,2H3,(H,55,61). The second-order valence-corrected chi connectivity index (χ2v) is 16.7. The van der Waals surface area contributed by atoms with Crippen molar-refractivity contribution >= 4 is 17.7 Å². The van der Waals surface area contributed by atoms with E-state index in [0.29, 0.717) is 53.2 Å². The predicted octanol–water partition coefficient (Wildman–Crippen LogP) is 8.98. The Bertz CT molecular complexity index is 2370. The first-order valence-electron chi connectivity index (χ1n) is 22.5. The normalized spacial score (nSPS) is 22.3. The van der Waals surface area contributed by atoms with E-state index in [0.717, 1.165) is 36.0 Å². The highest BCUT2D eigenvalue weighted by Gasteiger charge is 2.65. The van der Waals surface area contributed by atoms with E-state index < -0.39 is 29.7 Å². The summed E-state index contributed by atoms with van der Waals surface area (Å²) in [4.78, 5) is 36.1. The third-order valence-corrected chi connectivity index (χ3v) is 12.6. The number of nitrogens with zero attached hydrogens (tertiary/aromatic N) is 3. The van der Waals surface area contributed by atoms with Crippen molar-refractivity contribution in [2.75, 3.05) is 26.4 Å². The summed E-state index contributed by atoms with van der Waals surface area (Å²) in [5, 5.41) is 37.1. The number of allylic oxidation sites excluding steroid dienone is 1. The number of unbranched alkanes of at least 4 members (excludes halogenated alkanes) is 2. The Morgan fingerprint density at radius 1 is 0.985 bits per heavy atom. The fourth-order valence-electron chi connectivity index (χ4n) is 9.73. The average Bonchev–Trinajstić information content (AvgIpc) is 3.33.